The number of nitrogens with zero attached hydrogens (tertiary/aromatic N) is 2. The van der Waals surface area contributed by atoms with Crippen molar-refractivity contribution in [1.29, 1.82) is 0 Å². The van der Waals surface area contributed by atoms with Crippen molar-refractivity contribution >= 4 is 12.4 Å². The first kappa shape index (κ1) is 25.9. The summed E-state index contributed by atoms with van der Waals surface area (Å²) in [6, 6.07) is 8.05. The predicted molar refractivity (Wildman–Crippen MR) is 123 cm³/mol. The van der Waals surface area contributed by atoms with Crippen LogP contribution in [0.15, 0.2) is 34.3 Å². The molecule has 0 spiro atoms. The largest absolute Gasteiger partial charge is 0.507 e. The maximum Gasteiger partial charge on any atom is 0.127 e. The van der Waals surface area contributed by atoms with Crippen LogP contribution in [-0.4, -0.2) is 34.7 Å². The molecule has 0 aliphatic heterocycles. The Balaban J connectivity index is 0.00000225. The van der Waals surface area contributed by atoms with E-state index in [0.29, 0.717) is 11.5 Å². The van der Waals surface area contributed by atoms with Crippen LogP contribution in [0.1, 0.15) is 59.1 Å². The van der Waals surface area contributed by atoms with Gasteiger partial charge in [0, 0.05) is 40.3 Å². The molecule has 1 saturated carbocycles. The molecule has 0 heterocycles. The Hall–Kier alpha value is -2.11. The first-order valence-corrected chi connectivity index (χ1v) is 10.0. The third-order valence-electron chi connectivity index (χ3n) is 5.45. The van der Waals surface area contributed by atoms with Gasteiger partial charge in [0.25, 0.3) is 0 Å². The van der Waals surface area contributed by atoms with E-state index in [1.54, 1.807) is 12.4 Å². The molecule has 4 nitrogen and oxygen atoms in total. The van der Waals surface area contributed by atoms with Crippen LogP contribution in [0.2, 0.25) is 0 Å². The Morgan fingerprint density at radius 1 is 0.733 bits per heavy atom. The molecule has 1 radical (unpaired) electrons. The average Bonchev–Trinajstić information content (AvgIpc) is 2.65. The normalized spacial score (nSPS) is 18.9. The van der Waals surface area contributed by atoms with E-state index in [1.807, 2.05) is 52.0 Å². The number of hydrogen-bond donors (Lipinski definition) is 2. The van der Waals surface area contributed by atoms with E-state index in [9.17, 15) is 10.2 Å². The van der Waals surface area contributed by atoms with Gasteiger partial charge < -0.3 is 17.6 Å². The predicted octanol–water partition coefficient (Wildman–Crippen LogP) is 5.63. The van der Waals surface area contributed by atoms with Crippen molar-refractivity contribution < 1.29 is 27.0 Å². The first-order valence-electron chi connectivity index (χ1n) is 10.0. The molecule has 2 unspecified atom stereocenters. The van der Waals surface area contributed by atoms with Crippen molar-refractivity contribution in [2.75, 3.05) is 0 Å². The summed E-state index contributed by atoms with van der Waals surface area (Å²) >= 11 is 0. The maximum atomic E-state index is 10.3. The fourth-order valence-corrected chi connectivity index (χ4v) is 3.97. The van der Waals surface area contributed by atoms with Gasteiger partial charge in [0.15, 0.2) is 0 Å². The Bertz CT molecular complexity index is 846. The van der Waals surface area contributed by atoms with Crippen molar-refractivity contribution in [3.8, 4) is 11.5 Å². The minimum Gasteiger partial charge on any atom is -0.507 e. The average molecular weight is 452 g/mol. The number of benzene rings is 2. The minimum absolute atomic E-state index is 0. The summed E-state index contributed by atoms with van der Waals surface area (Å²) in [5.74, 6) is 0.593. The summed E-state index contributed by atoms with van der Waals surface area (Å²) in [6.45, 7) is 7.86. The van der Waals surface area contributed by atoms with Crippen LogP contribution in [0.5, 0.6) is 11.5 Å². The summed E-state index contributed by atoms with van der Waals surface area (Å²) in [7, 11) is 0. The minimum atomic E-state index is 0. The topological polar surface area (TPSA) is 65.2 Å². The third-order valence-corrected chi connectivity index (χ3v) is 5.45. The standard InChI is InChI=1S/C24H30N2O2.CH3.Co/c1-15-9-17(3)23(27)19(11-15)13-25-21-7-5-6-8-22(21)26-14-20-12-16(2)10-18(4)24(20)28;;/h9-14,21-22,27-28H,5-8H2,1-4H3;1H3;/q;-1;. The zero-order valence-electron chi connectivity index (χ0n) is 18.6. The second kappa shape index (κ2) is 11.3. The van der Waals surface area contributed by atoms with Gasteiger partial charge in [-0.3, -0.25) is 9.98 Å². The Kier molecular flexibility index (Phi) is 9.79. The van der Waals surface area contributed by atoms with Crippen LogP contribution in [0.25, 0.3) is 0 Å². The molecule has 2 atom stereocenters. The zero-order valence-corrected chi connectivity index (χ0v) is 19.6. The van der Waals surface area contributed by atoms with E-state index in [-0.39, 0.29) is 36.3 Å². The zero-order chi connectivity index (χ0) is 20.3. The summed E-state index contributed by atoms with van der Waals surface area (Å²) in [4.78, 5) is 9.57. The van der Waals surface area contributed by atoms with Crippen LogP contribution in [-0.2, 0) is 16.8 Å². The van der Waals surface area contributed by atoms with E-state index in [1.165, 1.54) is 0 Å². The van der Waals surface area contributed by atoms with Crippen molar-refractivity contribution in [1.82, 2.24) is 0 Å². The fraction of sp³-hybridized carbons (Fsp3) is 0.400. The Labute approximate surface area is 191 Å². The van der Waals surface area contributed by atoms with Crippen LogP contribution in [0.3, 0.4) is 0 Å². The number of aromatic hydroxyl groups is 2. The molecule has 2 aromatic carbocycles. The smallest absolute Gasteiger partial charge is 0.127 e. The number of aryl methyl sites for hydroxylation is 4. The molecule has 1 aliphatic rings. The van der Waals surface area contributed by atoms with Gasteiger partial charge in [-0.15, -0.1) is 0 Å². The third kappa shape index (κ3) is 6.19. The Morgan fingerprint density at radius 2 is 1.10 bits per heavy atom. The van der Waals surface area contributed by atoms with Crippen LogP contribution >= 0.6 is 0 Å². The van der Waals surface area contributed by atoms with Crippen LogP contribution in [0, 0.1) is 35.1 Å². The number of rotatable bonds is 4. The molecular formula is C25H33CoN2O2-. The monoisotopic (exact) mass is 452 g/mol. The van der Waals surface area contributed by atoms with Crippen molar-refractivity contribution in [3.63, 3.8) is 0 Å². The Morgan fingerprint density at radius 3 is 1.47 bits per heavy atom. The van der Waals surface area contributed by atoms with Crippen molar-refractivity contribution in [2.45, 2.75) is 65.5 Å². The SMILES string of the molecule is Cc1cc(C)c(O)c(C=NC2CCCCC2N=Cc2cc(C)cc(C)c2O)c1.[CH3-].[Co]. The molecule has 165 valence electrons. The maximum absolute atomic E-state index is 10.3. The van der Waals surface area contributed by atoms with Gasteiger partial charge in [-0.2, -0.15) is 0 Å². The van der Waals surface area contributed by atoms with Gasteiger partial charge in [-0.25, -0.2) is 0 Å². The summed E-state index contributed by atoms with van der Waals surface area (Å²) in [5, 5.41) is 20.6. The summed E-state index contributed by atoms with van der Waals surface area (Å²) < 4.78 is 0. The first-order chi connectivity index (χ1) is 13.3. The molecule has 0 bridgehead atoms. The van der Waals surface area contributed by atoms with E-state index in [0.717, 1.165) is 59.1 Å². The number of phenolic OH excluding ortho intramolecular Hbond substituents is 2. The fourth-order valence-electron chi connectivity index (χ4n) is 3.97. The van der Waals surface area contributed by atoms with Gasteiger partial charge >= 0.3 is 0 Å². The van der Waals surface area contributed by atoms with Gasteiger partial charge in [0.2, 0.25) is 0 Å². The second-order valence-electron chi connectivity index (χ2n) is 8.01. The van der Waals surface area contributed by atoms with Gasteiger partial charge in [-0.05, 0) is 74.9 Å². The van der Waals surface area contributed by atoms with Crippen LogP contribution in [0.4, 0.5) is 0 Å². The quantitative estimate of drug-likeness (QED) is 0.467. The molecule has 5 heteroatoms. The van der Waals surface area contributed by atoms with Crippen molar-refractivity contribution in [2.24, 2.45) is 9.98 Å². The number of hydrogen-bond acceptors (Lipinski definition) is 4. The molecule has 1 aliphatic carbocycles. The van der Waals surface area contributed by atoms with E-state index in [2.05, 4.69) is 0 Å². The van der Waals surface area contributed by atoms with Crippen LogP contribution < -0.4 is 0 Å². The summed E-state index contributed by atoms with van der Waals surface area (Å²) in [5.41, 5.74) is 5.48. The molecular weight excluding hydrogens is 419 g/mol. The van der Waals surface area contributed by atoms with Gasteiger partial charge in [0.1, 0.15) is 11.5 Å². The molecule has 2 aromatic rings. The molecule has 2 N–H and O–H groups in total. The van der Waals surface area contributed by atoms with Crippen molar-refractivity contribution in [3.05, 3.63) is 65.1 Å². The molecule has 0 aromatic heterocycles. The van der Waals surface area contributed by atoms with E-state index in [4.69, 9.17) is 9.98 Å². The van der Waals surface area contributed by atoms with E-state index < -0.39 is 0 Å². The van der Waals surface area contributed by atoms with E-state index >= 15 is 0 Å². The summed E-state index contributed by atoms with van der Waals surface area (Å²) in [6.07, 6.45) is 7.85. The number of phenols is 2. The number of aliphatic imine (C=N–C) groups is 2. The second-order valence-corrected chi connectivity index (χ2v) is 8.01. The van der Waals surface area contributed by atoms with Gasteiger partial charge in [0.05, 0.1) is 12.1 Å². The van der Waals surface area contributed by atoms with Gasteiger partial charge in [-0.1, -0.05) is 25.0 Å². The molecule has 1 fully saturated rings. The molecule has 0 amide bonds. The molecule has 3 rings (SSSR count). The molecule has 0 saturated heterocycles. The molecule has 30 heavy (non-hydrogen) atoms.